The van der Waals surface area contributed by atoms with Crippen molar-refractivity contribution < 1.29 is 4.79 Å². The molecule has 0 aromatic carbocycles. The van der Waals surface area contributed by atoms with Crippen LogP contribution in [0.25, 0.3) is 0 Å². The summed E-state index contributed by atoms with van der Waals surface area (Å²) in [7, 11) is 3.73. The van der Waals surface area contributed by atoms with Crippen LogP contribution in [0.1, 0.15) is 40.2 Å². The molecule has 1 aliphatic carbocycles. The van der Waals surface area contributed by atoms with Crippen LogP contribution in [0.5, 0.6) is 0 Å². The van der Waals surface area contributed by atoms with Crippen molar-refractivity contribution >= 4 is 11.7 Å². The van der Waals surface area contributed by atoms with Gasteiger partial charge in [-0.2, -0.15) is 5.10 Å². The van der Waals surface area contributed by atoms with Gasteiger partial charge in [0, 0.05) is 44.1 Å². The lowest BCUT2D eigenvalue weighted by Crippen LogP contribution is -2.33. The van der Waals surface area contributed by atoms with Gasteiger partial charge in [-0.15, -0.1) is 0 Å². The number of pyridine rings is 1. The molecule has 122 valence electrons. The third-order valence-corrected chi connectivity index (χ3v) is 4.51. The van der Waals surface area contributed by atoms with Gasteiger partial charge < -0.3 is 10.2 Å². The van der Waals surface area contributed by atoms with E-state index in [1.54, 1.807) is 19.3 Å². The van der Waals surface area contributed by atoms with Gasteiger partial charge in [0.15, 0.2) is 0 Å². The highest BCUT2D eigenvalue weighted by molar-refractivity contribution is 5.99. The van der Waals surface area contributed by atoms with Crippen LogP contribution in [0.2, 0.25) is 0 Å². The van der Waals surface area contributed by atoms with E-state index in [0.717, 1.165) is 29.8 Å². The quantitative estimate of drug-likeness (QED) is 0.920. The molecule has 23 heavy (non-hydrogen) atoms. The smallest absolute Gasteiger partial charge is 0.258 e. The fourth-order valence-corrected chi connectivity index (χ4v) is 2.90. The number of nitrogens with zero attached hydrogens (tertiary/aromatic N) is 4. The average molecular weight is 313 g/mol. The number of carbonyl (C=O) groups excluding carboxylic acids is 1. The minimum atomic E-state index is 0.0348. The van der Waals surface area contributed by atoms with Crippen molar-refractivity contribution in [2.24, 2.45) is 7.05 Å². The normalized spacial score (nSPS) is 13.9. The Morgan fingerprint density at radius 2 is 2.17 bits per heavy atom. The van der Waals surface area contributed by atoms with E-state index in [2.05, 4.69) is 15.4 Å². The Morgan fingerprint density at radius 1 is 1.43 bits per heavy atom. The molecule has 0 saturated heterocycles. The first kappa shape index (κ1) is 15.5. The van der Waals surface area contributed by atoms with Crippen molar-refractivity contribution in [1.29, 1.82) is 0 Å². The molecule has 3 rings (SSSR count). The minimum Gasteiger partial charge on any atom is -0.372 e. The van der Waals surface area contributed by atoms with Gasteiger partial charge in [-0.25, -0.2) is 4.98 Å². The molecule has 1 amide bonds. The van der Waals surface area contributed by atoms with Crippen molar-refractivity contribution in [2.75, 3.05) is 12.4 Å². The van der Waals surface area contributed by atoms with Gasteiger partial charge >= 0.3 is 0 Å². The Hall–Kier alpha value is -2.37. The van der Waals surface area contributed by atoms with Crippen LogP contribution < -0.4 is 5.32 Å². The highest BCUT2D eigenvalue weighted by Crippen LogP contribution is 2.31. The van der Waals surface area contributed by atoms with Crippen LogP contribution in [-0.2, 0) is 13.6 Å². The Morgan fingerprint density at radius 3 is 2.74 bits per heavy atom. The second-order valence-corrected chi connectivity index (χ2v) is 6.09. The Kier molecular flexibility index (Phi) is 4.07. The van der Waals surface area contributed by atoms with Gasteiger partial charge in [0.25, 0.3) is 5.91 Å². The molecule has 1 N–H and O–H groups in total. The first-order chi connectivity index (χ1) is 11.0. The predicted molar refractivity (Wildman–Crippen MR) is 89.4 cm³/mol. The second-order valence-electron chi connectivity index (χ2n) is 6.09. The molecular weight excluding hydrogens is 290 g/mol. The maximum absolute atomic E-state index is 13.1. The molecule has 1 fully saturated rings. The maximum atomic E-state index is 13.1. The average Bonchev–Trinajstić information content (AvgIpc) is 3.35. The molecule has 6 nitrogen and oxygen atoms in total. The SMILES string of the molecule is CNc1ncccc1C(=O)N(Cc1c(C)nn(C)c1C)C1CC1. The molecule has 2 aromatic heterocycles. The van der Waals surface area contributed by atoms with Crippen molar-refractivity contribution in [2.45, 2.75) is 39.3 Å². The second kappa shape index (κ2) is 6.02. The number of hydrogen-bond donors (Lipinski definition) is 1. The number of amides is 1. The molecular formula is C17H23N5O. The number of aromatic nitrogens is 3. The van der Waals surface area contributed by atoms with Crippen LogP contribution in [-0.4, -0.2) is 38.7 Å². The molecule has 6 heteroatoms. The number of hydrogen-bond acceptors (Lipinski definition) is 4. The lowest BCUT2D eigenvalue weighted by Gasteiger charge is -2.23. The van der Waals surface area contributed by atoms with Gasteiger partial charge in [-0.3, -0.25) is 9.48 Å². The number of nitrogens with one attached hydrogen (secondary N) is 1. The van der Waals surface area contributed by atoms with E-state index in [9.17, 15) is 4.79 Å². The molecule has 1 saturated carbocycles. The van der Waals surface area contributed by atoms with E-state index in [1.165, 1.54) is 0 Å². The Balaban J connectivity index is 1.91. The molecule has 0 unspecified atom stereocenters. The molecule has 0 bridgehead atoms. The Labute approximate surface area is 136 Å². The topological polar surface area (TPSA) is 63.1 Å². The van der Waals surface area contributed by atoms with E-state index in [4.69, 9.17) is 0 Å². The first-order valence-corrected chi connectivity index (χ1v) is 7.95. The summed E-state index contributed by atoms with van der Waals surface area (Å²) >= 11 is 0. The molecule has 0 aliphatic heterocycles. The van der Waals surface area contributed by atoms with Crippen LogP contribution in [0.3, 0.4) is 0 Å². The zero-order valence-corrected chi connectivity index (χ0v) is 14.1. The van der Waals surface area contributed by atoms with Crippen molar-refractivity contribution in [3.05, 3.63) is 40.8 Å². The number of rotatable bonds is 5. The van der Waals surface area contributed by atoms with E-state index in [0.29, 0.717) is 24.0 Å². The Bertz CT molecular complexity index is 733. The van der Waals surface area contributed by atoms with Crippen molar-refractivity contribution in [1.82, 2.24) is 19.7 Å². The van der Waals surface area contributed by atoms with Gasteiger partial charge in [0.2, 0.25) is 0 Å². The van der Waals surface area contributed by atoms with Crippen LogP contribution >= 0.6 is 0 Å². The molecule has 2 aromatic rings. The van der Waals surface area contributed by atoms with E-state index < -0.39 is 0 Å². The van der Waals surface area contributed by atoms with Gasteiger partial charge in [-0.1, -0.05) is 0 Å². The largest absolute Gasteiger partial charge is 0.372 e. The van der Waals surface area contributed by atoms with Crippen molar-refractivity contribution in [3.63, 3.8) is 0 Å². The van der Waals surface area contributed by atoms with E-state index >= 15 is 0 Å². The summed E-state index contributed by atoms with van der Waals surface area (Å²) in [4.78, 5) is 19.3. The third-order valence-electron chi connectivity index (χ3n) is 4.51. The highest BCUT2D eigenvalue weighted by Gasteiger charge is 2.35. The molecule has 0 radical (unpaired) electrons. The third kappa shape index (κ3) is 2.93. The van der Waals surface area contributed by atoms with Crippen LogP contribution in [0.15, 0.2) is 18.3 Å². The number of anilines is 1. The van der Waals surface area contributed by atoms with Gasteiger partial charge in [0.1, 0.15) is 5.82 Å². The summed E-state index contributed by atoms with van der Waals surface area (Å²) in [6.45, 7) is 4.65. The van der Waals surface area contributed by atoms with Gasteiger partial charge in [0.05, 0.1) is 11.3 Å². The number of carbonyl (C=O) groups is 1. The van der Waals surface area contributed by atoms with E-state index in [1.807, 2.05) is 36.5 Å². The maximum Gasteiger partial charge on any atom is 0.258 e. The first-order valence-electron chi connectivity index (χ1n) is 7.95. The fourth-order valence-electron chi connectivity index (χ4n) is 2.90. The lowest BCUT2D eigenvalue weighted by molar-refractivity contribution is 0.0730. The molecule has 0 atom stereocenters. The number of aryl methyl sites for hydroxylation is 2. The summed E-state index contributed by atoms with van der Waals surface area (Å²) in [5.74, 6) is 0.662. The summed E-state index contributed by atoms with van der Waals surface area (Å²) in [5.41, 5.74) is 3.87. The summed E-state index contributed by atoms with van der Waals surface area (Å²) in [6, 6.07) is 3.96. The van der Waals surface area contributed by atoms with Crippen LogP contribution in [0.4, 0.5) is 5.82 Å². The van der Waals surface area contributed by atoms with Crippen LogP contribution in [0, 0.1) is 13.8 Å². The van der Waals surface area contributed by atoms with Crippen molar-refractivity contribution in [3.8, 4) is 0 Å². The molecule has 1 aliphatic rings. The summed E-state index contributed by atoms with van der Waals surface area (Å²) in [5, 5.41) is 7.47. The predicted octanol–water partition coefficient (Wildman–Crippen LogP) is 2.28. The molecule has 0 spiro atoms. The monoisotopic (exact) mass is 313 g/mol. The molecule has 2 heterocycles. The summed E-state index contributed by atoms with van der Waals surface area (Å²) in [6.07, 6.45) is 3.83. The minimum absolute atomic E-state index is 0.0348. The highest BCUT2D eigenvalue weighted by atomic mass is 16.2. The summed E-state index contributed by atoms with van der Waals surface area (Å²) < 4.78 is 1.88. The standard InChI is InChI=1S/C17H23N5O/c1-11-15(12(2)21(4)20-11)10-22(13-7-8-13)17(23)14-6-5-9-19-16(14)18-3/h5-6,9,13H,7-8,10H2,1-4H3,(H,18,19). The zero-order chi connectivity index (χ0) is 16.6. The lowest BCUT2D eigenvalue weighted by atomic mass is 10.1. The zero-order valence-electron chi connectivity index (χ0n) is 14.1. The fraction of sp³-hybridized carbons (Fsp3) is 0.471. The van der Waals surface area contributed by atoms with E-state index in [-0.39, 0.29) is 5.91 Å². The van der Waals surface area contributed by atoms with Gasteiger partial charge in [-0.05, 0) is 38.8 Å².